The predicted molar refractivity (Wildman–Crippen MR) is 107 cm³/mol. The van der Waals surface area contributed by atoms with Gasteiger partial charge in [-0.1, -0.05) is 36.2 Å². The van der Waals surface area contributed by atoms with Gasteiger partial charge in [0.25, 0.3) is 10.0 Å². The number of hydrogen-bond donors (Lipinski definition) is 1. The van der Waals surface area contributed by atoms with Crippen molar-refractivity contribution >= 4 is 15.7 Å². The Hall–Kier alpha value is -1.85. The summed E-state index contributed by atoms with van der Waals surface area (Å²) in [5.41, 5.74) is 4.44. The molecule has 1 saturated heterocycles. The molecule has 1 aliphatic heterocycles. The van der Waals surface area contributed by atoms with Crippen molar-refractivity contribution < 1.29 is 8.42 Å². The van der Waals surface area contributed by atoms with E-state index in [0.717, 1.165) is 36.3 Å². The van der Waals surface area contributed by atoms with Gasteiger partial charge in [-0.15, -0.1) is 0 Å². The molecule has 1 N–H and O–H groups in total. The largest absolute Gasteiger partial charge is 0.299 e. The van der Waals surface area contributed by atoms with E-state index in [2.05, 4.69) is 9.62 Å². The first-order valence-corrected chi connectivity index (χ1v) is 10.8. The molecule has 5 heteroatoms. The average Bonchev–Trinajstić information content (AvgIpc) is 2.56. The summed E-state index contributed by atoms with van der Waals surface area (Å²) in [6.07, 6.45) is 3.87. The van der Waals surface area contributed by atoms with Crippen LogP contribution in [-0.4, -0.2) is 26.4 Å². The second-order valence-electron chi connectivity index (χ2n) is 7.37. The quantitative estimate of drug-likeness (QED) is 0.846. The molecule has 2 aromatic rings. The number of piperidine rings is 1. The van der Waals surface area contributed by atoms with Crippen molar-refractivity contribution in [2.75, 3.05) is 17.8 Å². The van der Waals surface area contributed by atoms with Gasteiger partial charge < -0.3 is 0 Å². The molecule has 4 nitrogen and oxygen atoms in total. The Kier molecular flexibility index (Phi) is 5.68. The van der Waals surface area contributed by atoms with E-state index in [1.165, 1.54) is 24.8 Å². The number of anilines is 1. The summed E-state index contributed by atoms with van der Waals surface area (Å²) in [6.45, 7) is 8.90. The van der Waals surface area contributed by atoms with Crippen molar-refractivity contribution in [2.24, 2.45) is 0 Å². The van der Waals surface area contributed by atoms with Gasteiger partial charge in [0.15, 0.2) is 0 Å². The minimum absolute atomic E-state index is 0.375. The van der Waals surface area contributed by atoms with Gasteiger partial charge in [0.1, 0.15) is 0 Å². The Labute approximate surface area is 157 Å². The molecule has 2 aromatic carbocycles. The van der Waals surface area contributed by atoms with E-state index >= 15 is 0 Å². The molecule has 0 radical (unpaired) electrons. The SMILES string of the molecule is Cc1cc(C)c(S(=O)(=O)Nc2ccc(CN3CCCCC3)cc2)c(C)c1. The Morgan fingerprint density at radius 3 is 2.08 bits per heavy atom. The zero-order valence-corrected chi connectivity index (χ0v) is 16.7. The van der Waals surface area contributed by atoms with E-state index in [4.69, 9.17) is 0 Å². The van der Waals surface area contributed by atoms with Crippen molar-refractivity contribution in [1.29, 1.82) is 0 Å². The van der Waals surface area contributed by atoms with Crippen LogP contribution < -0.4 is 4.72 Å². The van der Waals surface area contributed by atoms with Gasteiger partial charge in [0.05, 0.1) is 4.90 Å². The molecule has 1 fully saturated rings. The average molecular weight is 373 g/mol. The molecule has 0 atom stereocenters. The molecule has 26 heavy (non-hydrogen) atoms. The van der Waals surface area contributed by atoms with Gasteiger partial charge in [-0.05, 0) is 75.5 Å². The number of hydrogen-bond acceptors (Lipinski definition) is 3. The Morgan fingerprint density at radius 2 is 1.50 bits per heavy atom. The van der Waals surface area contributed by atoms with Gasteiger partial charge in [-0.2, -0.15) is 0 Å². The summed E-state index contributed by atoms with van der Waals surface area (Å²) in [5.74, 6) is 0. The Bertz CT molecular complexity index is 844. The maximum absolute atomic E-state index is 12.8. The van der Waals surface area contributed by atoms with Crippen LogP contribution >= 0.6 is 0 Å². The van der Waals surface area contributed by atoms with Crippen LogP contribution in [0.15, 0.2) is 41.3 Å². The number of likely N-dealkylation sites (tertiary alicyclic amines) is 1. The molecule has 140 valence electrons. The molecule has 1 heterocycles. The Balaban J connectivity index is 1.74. The summed E-state index contributed by atoms with van der Waals surface area (Å²) < 4.78 is 28.4. The van der Waals surface area contributed by atoms with Crippen molar-refractivity contribution in [3.8, 4) is 0 Å². The van der Waals surface area contributed by atoms with Crippen LogP contribution in [0.3, 0.4) is 0 Å². The fourth-order valence-corrected chi connectivity index (χ4v) is 5.36. The maximum Gasteiger partial charge on any atom is 0.262 e. The molecule has 0 spiro atoms. The van der Waals surface area contributed by atoms with Gasteiger partial charge in [-0.25, -0.2) is 8.42 Å². The highest BCUT2D eigenvalue weighted by Crippen LogP contribution is 2.24. The standard InChI is InChI=1S/C21H28N2O2S/c1-16-13-17(2)21(18(3)14-16)26(24,25)22-20-9-7-19(8-10-20)15-23-11-5-4-6-12-23/h7-10,13-14,22H,4-6,11-12,15H2,1-3H3. The summed E-state index contributed by atoms with van der Waals surface area (Å²) in [7, 11) is -3.59. The lowest BCUT2D eigenvalue weighted by Crippen LogP contribution is -2.29. The zero-order chi connectivity index (χ0) is 18.7. The van der Waals surface area contributed by atoms with Crippen LogP contribution in [0.2, 0.25) is 0 Å². The van der Waals surface area contributed by atoms with E-state index in [1.807, 2.05) is 57.2 Å². The molecule has 1 aliphatic rings. The maximum atomic E-state index is 12.8. The van der Waals surface area contributed by atoms with E-state index in [0.29, 0.717) is 10.6 Å². The van der Waals surface area contributed by atoms with Crippen LogP contribution in [0, 0.1) is 20.8 Å². The van der Waals surface area contributed by atoms with E-state index in [-0.39, 0.29) is 0 Å². The smallest absolute Gasteiger partial charge is 0.262 e. The monoisotopic (exact) mass is 372 g/mol. The van der Waals surface area contributed by atoms with E-state index in [9.17, 15) is 8.42 Å². The number of aryl methyl sites for hydroxylation is 3. The highest BCUT2D eigenvalue weighted by atomic mass is 32.2. The van der Waals surface area contributed by atoms with Gasteiger partial charge >= 0.3 is 0 Å². The molecular formula is C21H28N2O2S. The van der Waals surface area contributed by atoms with E-state index in [1.54, 1.807) is 0 Å². The third-order valence-corrected chi connectivity index (χ3v) is 6.62. The summed E-state index contributed by atoms with van der Waals surface area (Å²) >= 11 is 0. The molecular weight excluding hydrogens is 344 g/mol. The normalized spacial score (nSPS) is 15.8. The molecule has 3 rings (SSSR count). The number of nitrogens with one attached hydrogen (secondary N) is 1. The molecule has 0 unspecified atom stereocenters. The Morgan fingerprint density at radius 1 is 0.923 bits per heavy atom. The summed E-state index contributed by atoms with van der Waals surface area (Å²) in [5, 5.41) is 0. The lowest BCUT2D eigenvalue weighted by molar-refractivity contribution is 0.221. The molecule has 0 bridgehead atoms. The molecule has 0 amide bonds. The van der Waals surface area contributed by atoms with Crippen molar-refractivity contribution in [1.82, 2.24) is 4.90 Å². The highest BCUT2D eigenvalue weighted by molar-refractivity contribution is 7.92. The summed E-state index contributed by atoms with van der Waals surface area (Å²) in [6, 6.07) is 11.6. The van der Waals surface area contributed by atoms with Gasteiger partial charge in [0.2, 0.25) is 0 Å². The third-order valence-electron chi connectivity index (χ3n) is 4.93. The highest BCUT2D eigenvalue weighted by Gasteiger charge is 2.20. The van der Waals surface area contributed by atoms with Crippen LogP contribution in [0.4, 0.5) is 5.69 Å². The number of sulfonamides is 1. The lowest BCUT2D eigenvalue weighted by atomic mass is 10.1. The molecule has 0 aliphatic carbocycles. The first kappa shape index (κ1) is 18.9. The van der Waals surface area contributed by atoms with Crippen molar-refractivity contribution in [3.05, 3.63) is 58.7 Å². The number of rotatable bonds is 5. The van der Waals surface area contributed by atoms with Crippen LogP contribution in [0.25, 0.3) is 0 Å². The summed E-state index contributed by atoms with van der Waals surface area (Å²) in [4.78, 5) is 2.84. The number of nitrogens with zero attached hydrogens (tertiary/aromatic N) is 1. The van der Waals surface area contributed by atoms with Crippen LogP contribution in [0.5, 0.6) is 0 Å². The number of benzene rings is 2. The second kappa shape index (κ2) is 7.80. The minimum Gasteiger partial charge on any atom is -0.299 e. The van der Waals surface area contributed by atoms with E-state index < -0.39 is 10.0 Å². The first-order valence-electron chi connectivity index (χ1n) is 9.27. The van der Waals surface area contributed by atoms with Gasteiger partial charge in [0, 0.05) is 12.2 Å². The van der Waals surface area contributed by atoms with Crippen molar-refractivity contribution in [2.45, 2.75) is 51.5 Å². The van der Waals surface area contributed by atoms with Gasteiger partial charge in [-0.3, -0.25) is 9.62 Å². The first-order chi connectivity index (χ1) is 12.3. The fraction of sp³-hybridized carbons (Fsp3) is 0.429. The molecule has 0 saturated carbocycles. The molecule has 0 aromatic heterocycles. The lowest BCUT2D eigenvalue weighted by Gasteiger charge is -2.26. The van der Waals surface area contributed by atoms with Crippen molar-refractivity contribution in [3.63, 3.8) is 0 Å². The van der Waals surface area contributed by atoms with Crippen LogP contribution in [-0.2, 0) is 16.6 Å². The third kappa shape index (κ3) is 4.46. The minimum atomic E-state index is -3.59. The predicted octanol–water partition coefficient (Wildman–Crippen LogP) is 4.40. The second-order valence-corrected chi connectivity index (χ2v) is 8.99. The van der Waals surface area contributed by atoms with Crippen LogP contribution in [0.1, 0.15) is 41.5 Å². The fourth-order valence-electron chi connectivity index (χ4n) is 3.85. The zero-order valence-electron chi connectivity index (χ0n) is 15.9. The topological polar surface area (TPSA) is 49.4 Å².